The highest BCUT2D eigenvalue weighted by atomic mass is 79.9. The van der Waals surface area contributed by atoms with Gasteiger partial charge in [-0.05, 0) is 35.0 Å². The van der Waals surface area contributed by atoms with Gasteiger partial charge in [0.25, 0.3) is 0 Å². The first-order chi connectivity index (χ1) is 5.75. The van der Waals surface area contributed by atoms with Gasteiger partial charge in [0.2, 0.25) is 0 Å². The molecule has 0 aliphatic carbocycles. The number of hydrogen-bond acceptors (Lipinski definition) is 2. The predicted molar refractivity (Wildman–Crippen MR) is 54.3 cm³/mol. The zero-order chi connectivity index (χ0) is 8.55. The van der Waals surface area contributed by atoms with Crippen LogP contribution < -0.4 is 0 Å². The molecule has 0 spiro atoms. The summed E-state index contributed by atoms with van der Waals surface area (Å²) in [5.41, 5.74) is 1.07. The van der Waals surface area contributed by atoms with E-state index in [1.807, 2.05) is 6.20 Å². The molecule has 0 unspecified atom stereocenters. The number of aryl methyl sites for hydroxylation is 1. The number of thiophene rings is 1. The molecule has 0 atom stereocenters. The number of H-pyrrole nitrogens is 1. The Hall–Kier alpha value is -0.610. The van der Waals surface area contributed by atoms with Crippen LogP contribution in [0.15, 0.2) is 23.1 Å². The topological polar surface area (TPSA) is 28.7 Å². The van der Waals surface area contributed by atoms with Crippen LogP contribution in [-0.4, -0.2) is 9.97 Å². The van der Waals surface area contributed by atoms with Gasteiger partial charge in [0.05, 0.1) is 16.8 Å². The lowest BCUT2D eigenvalue weighted by atomic mass is 10.4. The van der Waals surface area contributed by atoms with E-state index >= 15 is 0 Å². The van der Waals surface area contributed by atoms with E-state index in [1.165, 1.54) is 9.75 Å². The SMILES string of the molecule is Cc1ccc(-c2cnc(Br)[nH]2)s1. The van der Waals surface area contributed by atoms with Gasteiger partial charge in [-0.3, -0.25) is 0 Å². The third-order valence-electron chi connectivity index (χ3n) is 1.55. The van der Waals surface area contributed by atoms with E-state index in [2.05, 4.69) is 45.0 Å². The number of nitrogens with one attached hydrogen (secondary N) is 1. The summed E-state index contributed by atoms with van der Waals surface area (Å²) in [6.45, 7) is 2.10. The molecule has 0 aliphatic rings. The highest BCUT2D eigenvalue weighted by molar-refractivity contribution is 9.10. The Labute approximate surface area is 82.8 Å². The first-order valence-corrected chi connectivity index (χ1v) is 5.14. The molecule has 1 N–H and O–H groups in total. The lowest BCUT2D eigenvalue weighted by Gasteiger charge is -1.87. The van der Waals surface area contributed by atoms with Gasteiger partial charge in [-0.1, -0.05) is 0 Å². The molecule has 0 aromatic carbocycles. The van der Waals surface area contributed by atoms with Gasteiger partial charge in [-0.15, -0.1) is 11.3 Å². The van der Waals surface area contributed by atoms with E-state index in [0.717, 1.165) is 10.4 Å². The molecule has 0 aliphatic heterocycles. The predicted octanol–water partition coefficient (Wildman–Crippen LogP) is 3.21. The van der Waals surface area contributed by atoms with Gasteiger partial charge in [-0.2, -0.15) is 0 Å². The molecule has 2 aromatic rings. The number of halogens is 1. The smallest absolute Gasteiger partial charge is 0.174 e. The van der Waals surface area contributed by atoms with E-state index in [-0.39, 0.29) is 0 Å². The minimum absolute atomic E-state index is 0.781. The zero-order valence-corrected chi connectivity index (χ0v) is 8.87. The number of nitrogens with zero attached hydrogens (tertiary/aromatic N) is 1. The average molecular weight is 243 g/mol. The first-order valence-electron chi connectivity index (χ1n) is 3.53. The largest absolute Gasteiger partial charge is 0.332 e. The van der Waals surface area contributed by atoms with E-state index in [1.54, 1.807) is 11.3 Å². The molecule has 62 valence electrons. The van der Waals surface area contributed by atoms with Crippen molar-refractivity contribution >= 4 is 27.3 Å². The second-order valence-corrected chi connectivity index (χ2v) is 4.54. The van der Waals surface area contributed by atoms with Crippen LogP contribution in [0, 0.1) is 6.92 Å². The highest BCUT2D eigenvalue weighted by Gasteiger charge is 2.02. The second-order valence-electron chi connectivity index (χ2n) is 2.50. The zero-order valence-electron chi connectivity index (χ0n) is 6.47. The van der Waals surface area contributed by atoms with Crippen LogP contribution in [0.25, 0.3) is 10.6 Å². The summed E-state index contributed by atoms with van der Waals surface area (Å²) >= 11 is 5.04. The van der Waals surface area contributed by atoms with Gasteiger partial charge >= 0.3 is 0 Å². The lowest BCUT2D eigenvalue weighted by Crippen LogP contribution is -1.68. The Bertz CT molecular complexity index is 353. The Kier molecular flexibility index (Phi) is 2.02. The van der Waals surface area contributed by atoms with Crippen molar-refractivity contribution in [2.75, 3.05) is 0 Å². The number of imidazole rings is 1. The van der Waals surface area contributed by atoms with Crippen LogP contribution >= 0.6 is 27.3 Å². The maximum absolute atomic E-state index is 4.07. The summed E-state index contributed by atoms with van der Waals surface area (Å²) in [4.78, 5) is 9.73. The molecule has 12 heavy (non-hydrogen) atoms. The fourth-order valence-corrected chi connectivity index (χ4v) is 2.15. The van der Waals surface area contributed by atoms with E-state index in [9.17, 15) is 0 Å². The number of rotatable bonds is 1. The van der Waals surface area contributed by atoms with Crippen molar-refractivity contribution in [2.24, 2.45) is 0 Å². The molecule has 2 aromatic heterocycles. The minimum Gasteiger partial charge on any atom is -0.332 e. The molecule has 0 radical (unpaired) electrons. The lowest BCUT2D eigenvalue weighted by molar-refractivity contribution is 1.24. The molecule has 2 nitrogen and oxygen atoms in total. The Morgan fingerprint density at radius 1 is 1.50 bits per heavy atom. The maximum Gasteiger partial charge on any atom is 0.174 e. The van der Waals surface area contributed by atoms with Crippen molar-refractivity contribution in [1.29, 1.82) is 0 Å². The molecule has 2 rings (SSSR count). The van der Waals surface area contributed by atoms with Crippen molar-refractivity contribution in [3.05, 3.63) is 27.9 Å². The molecule has 0 saturated heterocycles. The first kappa shape index (κ1) is 8.01. The number of aromatic amines is 1. The molecule has 2 heterocycles. The fourth-order valence-electron chi connectivity index (χ4n) is 1.00. The average Bonchev–Trinajstić information content (AvgIpc) is 2.58. The van der Waals surface area contributed by atoms with E-state index in [0.29, 0.717) is 0 Å². The number of hydrogen-bond donors (Lipinski definition) is 1. The summed E-state index contributed by atoms with van der Waals surface area (Å²) < 4.78 is 0.781. The van der Waals surface area contributed by atoms with E-state index in [4.69, 9.17) is 0 Å². The van der Waals surface area contributed by atoms with Gasteiger partial charge in [0, 0.05) is 4.88 Å². The van der Waals surface area contributed by atoms with Gasteiger partial charge in [0.1, 0.15) is 0 Å². The number of aromatic nitrogens is 2. The molecular formula is C8H7BrN2S. The van der Waals surface area contributed by atoms with Crippen molar-refractivity contribution in [2.45, 2.75) is 6.92 Å². The van der Waals surface area contributed by atoms with Crippen LogP contribution in [0.3, 0.4) is 0 Å². The minimum atomic E-state index is 0.781. The normalized spacial score (nSPS) is 10.5. The third-order valence-corrected chi connectivity index (χ3v) is 2.99. The van der Waals surface area contributed by atoms with Gasteiger partial charge < -0.3 is 4.98 Å². The fraction of sp³-hybridized carbons (Fsp3) is 0.125. The Morgan fingerprint density at radius 2 is 2.33 bits per heavy atom. The third kappa shape index (κ3) is 1.44. The summed E-state index contributed by atoms with van der Waals surface area (Å²) in [6.07, 6.45) is 1.83. The summed E-state index contributed by atoms with van der Waals surface area (Å²) in [7, 11) is 0. The molecular weight excluding hydrogens is 236 g/mol. The standard InChI is InChI=1S/C8H7BrN2S/c1-5-2-3-7(12-5)6-4-10-8(9)11-6/h2-4H,1H3,(H,10,11). The van der Waals surface area contributed by atoms with Crippen LogP contribution in [0.2, 0.25) is 0 Å². The monoisotopic (exact) mass is 242 g/mol. The summed E-state index contributed by atoms with van der Waals surface area (Å²) in [6, 6.07) is 4.20. The van der Waals surface area contributed by atoms with Crippen molar-refractivity contribution in [3.8, 4) is 10.6 Å². The van der Waals surface area contributed by atoms with Crippen molar-refractivity contribution in [1.82, 2.24) is 9.97 Å². The van der Waals surface area contributed by atoms with Crippen molar-refractivity contribution in [3.63, 3.8) is 0 Å². The Balaban J connectivity index is 2.43. The van der Waals surface area contributed by atoms with Crippen LogP contribution in [0.1, 0.15) is 4.88 Å². The molecule has 4 heteroatoms. The summed E-state index contributed by atoms with van der Waals surface area (Å²) in [5.74, 6) is 0. The van der Waals surface area contributed by atoms with Crippen LogP contribution in [0.4, 0.5) is 0 Å². The van der Waals surface area contributed by atoms with E-state index < -0.39 is 0 Å². The van der Waals surface area contributed by atoms with Gasteiger partial charge in [0.15, 0.2) is 4.73 Å². The van der Waals surface area contributed by atoms with Crippen LogP contribution in [-0.2, 0) is 0 Å². The van der Waals surface area contributed by atoms with Crippen LogP contribution in [0.5, 0.6) is 0 Å². The van der Waals surface area contributed by atoms with Gasteiger partial charge in [-0.25, -0.2) is 4.98 Å². The maximum atomic E-state index is 4.07. The second kappa shape index (κ2) is 3.03. The quantitative estimate of drug-likeness (QED) is 0.818. The molecule has 0 bridgehead atoms. The highest BCUT2D eigenvalue weighted by Crippen LogP contribution is 2.26. The van der Waals surface area contributed by atoms with Crippen molar-refractivity contribution < 1.29 is 0 Å². The molecule has 0 fully saturated rings. The molecule has 0 saturated carbocycles. The Morgan fingerprint density at radius 3 is 2.83 bits per heavy atom. The summed E-state index contributed by atoms with van der Waals surface area (Å²) in [5, 5.41) is 0. The molecule has 0 amide bonds.